The normalized spacial score (nSPS) is 24.8. The van der Waals surface area contributed by atoms with Crippen LogP contribution in [0.5, 0.6) is 0 Å². The fourth-order valence-electron chi connectivity index (χ4n) is 0.963. The predicted molar refractivity (Wildman–Crippen MR) is 56.9 cm³/mol. The topological polar surface area (TPSA) is 15.6 Å². The van der Waals surface area contributed by atoms with E-state index in [-0.39, 0.29) is 0 Å². The highest BCUT2D eigenvalue weighted by atomic mass is 35.5. The Labute approximate surface area is 83.9 Å². The summed E-state index contributed by atoms with van der Waals surface area (Å²) in [6.45, 7) is 1.99. The molecule has 0 aliphatic carbocycles. The Balaban J connectivity index is 3.07. The van der Waals surface area contributed by atoms with E-state index in [0.717, 1.165) is 11.4 Å². The molecule has 1 aliphatic rings. The smallest absolute Gasteiger partial charge is 0.130 e. The average molecular weight is 197 g/mol. The first-order chi connectivity index (χ1) is 6.09. The minimum Gasteiger partial charge on any atom is -0.363 e. The summed E-state index contributed by atoms with van der Waals surface area (Å²) in [5.41, 5.74) is 4.19. The van der Waals surface area contributed by atoms with Crippen LogP contribution in [0.15, 0.2) is 34.3 Å². The highest BCUT2D eigenvalue weighted by Crippen LogP contribution is 2.11. The second-order valence-electron chi connectivity index (χ2n) is 3.12. The van der Waals surface area contributed by atoms with Gasteiger partial charge in [0.1, 0.15) is 11.0 Å². The van der Waals surface area contributed by atoms with Crippen molar-refractivity contribution in [3.8, 4) is 0 Å². The lowest BCUT2D eigenvalue weighted by Crippen LogP contribution is -2.10. The molecule has 1 heterocycles. The van der Waals surface area contributed by atoms with Crippen LogP contribution in [0.2, 0.25) is 0 Å². The van der Waals surface area contributed by atoms with Gasteiger partial charge >= 0.3 is 0 Å². The van der Waals surface area contributed by atoms with Gasteiger partial charge in [0.15, 0.2) is 0 Å². The molecule has 0 aromatic rings. The minimum absolute atomic E-state index is 0.597. The molecule has 0 N–H and O–H groups in total. The van der Waals surface area contributed by atoms with Crippen molar-refractivity contribution in [2.75, 3.05) is 14.1 Å². The van der Waals surface area contributed by atoms with Gasteiger partial charge in [-0.3, -0.25) is 0 Å². The molecule has 70 valence electrons. The Kier molecular flexibility index (Phi) is 3.35. The quantitative estimate of drug-likeness (QED) is 0.589. The SMILES string of the molecule is CC1=C=CC/C(Cl)=N\C(N(C)C)=C/1. The highest BCUT2D eigenvalue weighted by Gasteiger charge is 2.01. The van der Waals surface area contributed by atoms with Crippen LogP contribution in [-0.4, -0.2) is 24.2 Å². The molecule has 1 rings (SSSR count). The molecule has 0 unspecified atom stereocenters. The zero-order valence-electron chi connectivity index (χ0n) is 8.13. The number of hydrogen-bond donors (Lipinski definition) is 0. The van der Waals surface area contributed by atoms with Gasteiger partial charge < -0.3 is 4.90 Å². The maximum atomic E-state index is 5.88. The third-order valence-corrected chi connectivity index (χ3v) is 1.88. The molecular weight excluding hydrogens is 184 g/mol. The molecule has 0 radical (unpaired) electrons. The first-order valence-corrected chi connectivity index (χ1v) is 4.51. The first kappa shape index (κ1) is 10.1. The van der Waals surface area contributed by atoms with Crippen molar-refractivity contribution < 1.29 is 0 Å². The van der Waals surface area contributed by atoms with Crippen LogP contribution in [0.1, 0.15) is 13.3 Å². The zero-order valence-corrected chi connectivity index (χ0v) is 8.89. The fourth-order valence-corrected chi connectivity index (χ4v) is 1.13. The van der Waals surface area contributed by atoms with Crippen LogP contribution in [0.3, 0.4) is 0 Å². The van der Waals surface area contributed by atoms with Crippen LogP contribution in [0.4, 0.5) is 0 Å². The van der Waals surface area contributed by atoms with Crippen LogP contribution in [0, 0.1) is 0 Å². The van der Waals surface area contributed by atoms with E-state index in [1.54, 1.807) is 0 Å². The van der Waals surface area contributed by atoms with Gasteiger partial charge in [-0.1, -0.05) is 11.6 Å². The van der Waals surface area contributed by atoms with Gasteiger partial charge in [-0.05, 0) is 24.6 Å². The molecule has 1 aliphatic heterocycles. The molecule has 0 saturated carbocycles. The molecule has 0 fully saturated rings. The van der Waals surface area contributed by atoms with Crippen molar-refractivity contribution in [3.05, 3.63) is 29.3 Å². The molecule has 0 bridgehead atoms. The van der Waals surface area contributed by atoms with Crippen LogP contribution >= 0.6 is 11.6 Å². The van der Waals surface area contributed by atoms with Crippen LogP contribution < -0.4 is 0 Å². The number of allylic oxidation sites excluding steroid dienone is 2. The summed E-state index contributed by atoms with van der Waals surface area (Å²) in [6, 6.07) is 0. The minimum atomic E-state index is 0.597. The lowest BCUT2D eigenvalue weighted by molar-refractivity contribution is 0.506. The largest absolute Gasteiger partial charge is 0.363 e. The number of hydrogen-bond acceptors (Lipinski definition) is 2. The average Bonchev–Trinajstić information content (AvgIpc) is 1.99. The lowest BCUT2D eigenvalue weighted by atomic mass is 10.2. The van der Waals surface area contributed by atoms with Gasteiger partial charge in [-0.15, -0.1) is 5.73 Å². The van der Waals surface area contributed by atoms with Crippen LogP contribution in [0.25, 0.3) is 0 Å². The molecule has 13 heavy (non-hydrogen) atoms. The Morgan fingerprint density at radius 2 is 2.23 bits per heavy atom. The van der Waals surface area contributed by atoms with E-state index in [1.807, 2.05) is 38.1 Å². The Bertz CT molecular complexity index is 318. The summed E-state index contributed by atoms with van der Waals surface area (Å²) < 4.78 is 0. The van der Waals surface area contributed by atoms with Gasteiger partial charge in [0, 0.05) is 20.5 Å². The van der Waals surface area contributed by atoms with E-state index in [4.69, 9.17) is 11.6 Å². The third kappa shape index (κ3) is 3.10. The molecule has 0 atom stereocenters. The number of aliphatic imine (C=N–C) groups is 1. The van der Waals surface area contributed by atoms with Crippen molar-refractivity contribution in [3.63, 3.8) is 0 Å². The number of nitrogens with zero attached hydrogens (tertiary/aromatic N) is 2. The van der Waals surface area contributed by atoms with E-state index in [0.29, 0.717) is 11.6 Å². The van der Waals surface area contributed by atoms with Crippen molar-refractivity contribution in [1.82, 2.24) is 4.90 Å². The van der Waals surface area contributed by atoms with Gasteiger partial charge in [0.25, 0.3) is 0 Å². The van der Waals surface area contributed by atoms with Crippen molar-refractivity contribution >= 4 is 16.8 Å². The van der Waals surface area contributed by atoms with Gasteiger partial charge in [-0.2, -0.15) is 0 Å². The predicted octanol–water partition coefficient (Wildman–Crippen LogP) is 2.53. The summed E-state index contributed by atoms with van der Waals surface area (Å²) in [5, 5.41) is 0.597. The van der Waals surface area contributed by atoms with E-state index in [9.17, 15) is 0 Å². The monoisotopic (exact) mass is 196 g/mol. The lowest BCUT2D eigenvalue weighted by Gasteiger charge is -2.13. The third-order valence-electron chi connectivity index (χ3n) is 1.64. The molecule has 0 spiro atoms. The highest BCUT2D eigenvalue weighted by molar-refractivity contribution is 6.65. The molecule has 0 aromatic carbocycles. The van der Waals surface area contributed by atoms with Gasteiger partial charge in [0.2, 0.25) is 0 Å². The van der Waals surface area contributed by atoms with Crippen LogP contribution in [-0.2, 0) is 0 Å². The standard InChI is InChI=1S/C10H13ClN2/c1-8-5-4-6-9(11)12-10(7-8)13(2)3/h4,7H,6H2,1-3H3/b10-7+,12-9+. The molecule has 0 aromatic heterocycles. The van der Waals surface area contributed by atoms with Crippen molar-refractivity contribution in [2.24, 2.45) is 4.99 Å². The Morgan fingerprint density at radius 3 is 2.85 bits per heavy atom. The van der Waals surface area contributed by atoms with Gasteiger partial charge in [-0.25, -0.2) is 4.99 Å². The molecule has 3 heteroatoms. The first-order valence-electron chi connectivity index (χ1n) is 4.13. The molecule has 0 saturated heterocycles. The maximum absolute atomic E-state index is 5.88. The second kappa shape index (κ2) is 4.31. The number of rotatable bonds is 1. The van der Waals surface area contributed by atoms with E-state index >= 15 is 0 Å². The van der Waals surface area contributed by atoms with E-state index < -0.39 is 0 Å². The number of halogens is 1. The molecule has 0 amide bonds. The Morgan fingerprint density at radius 1 is 1.54 bits per heavy atom. The molecular formula is C10H13ClN2. The van der Waals surface area contributed by atoms with E-state index in [1.165, 1.54) is 0 Å². The summed E-state index contributed by atoms with van der Waals surface area (Å²) in [7, 11) is 3.89. The Hall–Kier alpha value is -0.980. The maximum Gasteiger partial charge on any atom is 0.130 e. The van der Waals surface area contributed by atoms with E-state index in [2.05, 4.69) is 10.7 Å². The van der Waals surface area contributed by atoms with Crippen molar-refractivity contribution in [2.45, 2.75) is 13.3 Å². The van der Waals surface area contributed by atoms with Gasteiger partial charge in [0.05, 0.1) is 0 Å². The second-order valence-corrected chi connectivity index (χ2v) is 3.56. The molecule has 2 nitrogen and oxygen atoms in total. The summed E-state index contributed by atoms with van der Waals surface area (Å²) >= 11 is 5.88. The summed E-state index contributed by atoms with van der Waals surface area (Å²) in [5.74, 6) is 0.864. The zero-order chi connectivity index (χ0) is 9.84. The fraction of sp³-hybridized carbons (Fsp3) is 0.400. The summed E-state index contributed by atoms with van der Waals surface area (Å²) in [6.07, 6.45) is 4.51. The summed E-state index contributed by atoms with van der Waals surface area (Å²) in [4.78, 5) is 6.19. The van der Waals surface area contributed by atoms with Crippen molar-refractivity contribution in [1.29, 1.82) is 0 Å².